The largest absolute Gasteiger partial charge is 0.477 e. The van der Waals surface area contributed by atoms with E-state index in [0.29, 0.717) is 23.7 Å². The van der Waals surface area contributed by atoms with Crippen molar-refractivity contribution in [2.45, 2.75) is 19.5 Å². The van der Waals surface area contributed by atoms with Gasteiger partial charge in [-0.1, -0.05) is 10.6 Å². The van der Waals surface area contributed by atoms with Gasteiger partial charge in [-0.3, -0.25) is 4.79 Å². The number of rotatable bonds is 4. The molecular formula is C15H15F3N4O2S. The van der Waals surface area contributed by atoms with Gasteiger partial charge in [-0.05, 0) is 30.9 Å². The Hall–Kier alpha value is -2.23. The van der Waals surface area contributed by atoms with Gasteiger partial charge in [0.2, 0.25) is 5.88 Å². The molecule has 1 fully saturated rings. The number of aromatic nitrogens is 3. The summed E-state index contributed by atoms with van der Waals surface area (Å²) in [6.45, 7) is 2.99. The lowest BCUT2D eigenvalue weighted by atomic mass is 10.1. The lowest BCUT2D eigenvalue weighted by Crippen LogP contribution is -2.29. The van der Waals surface area contributed by atoms with Crippen molar-refractivity contribution in [3.8, 4) is 5.88 Å². The number of pyridine rings is 1. The highest BCUT2D eigenvalue weighted by Gasteiger charge is 2.33. The number of halogens is 3. The van der Waals surface area contributed by atoms with Crippen molar-refractivity contribution in [3.63, 3.8) is 0 Å². The maximum atomic E-state index is 12.6. The van der Waals surface area contributed by atoms with Crippen LogP contribution >= 0.6 is 11.5 Å². The third-order valence-electron chi connectivity index (χ3n) is 3.90. The Kier molecular flexibility index (Phi) is 4.89. The Morgan fingerprint density at radius 3 is 2.92 bits per heavy atom. The fraction of sp³-hybridized carbons (Fsp3) is 0.467. The van der Waals surface area contributed by atoms with Crippen molar-refractivity contribution >= 4 is 17.4 Å². The first-order valence-corrected chi connectivity index (χ1v) is 8.37. The van der Waals surface area contributed by atoms with Crippen LogP contribution < -0.4 is 4.74 Å². The minimum atomic E-state index is -4.50. The molecule has 1 saturated heterocycles. The molecule has 3 rings (SSSR count). The Labute approximate surface area is 145 Å². The maximum Gasteiger partial charge on any atom is 0.433 e. The quantitative estimate of drug-likeness (QED) is 0.826. The normalized spacial score (nSPS) is 17.8. The smallest absolute Gasteiger partial charge is 0.433 e. The highest BCUT2D eigenvalue weighted by atomic mass is 32.1. The number of carbonyl (C=O) groups excluding carboxylic acids is 1. The molecule has 0 N–H and O–H groups in total. The van der Waals surface area contributed by atoms with Crippen LogP contribution in [0.5, 0.6) is 5.88 Å². The van der Waals surface area contributed by atoms with Crippen LogP contribution in [0.25, 0.3) is 0 Å². The van der Waals surface area contributed by atoms with Crippen LogP contribution in [0.2, 0.25) is 0 Å². The Morgan fingerprint density at radius 1 is 1.44 bits per heavy atom. The van der Waals surface area contributed by atoms with Crippen molar-refractivity contribution in [1.82, 2.24) is 19.5 Å². The van der Waals surface area contributed by atoms with Crippen LogP contribution in [0.1, 0.15) is 27.5 Å². The van der Waals surface area contributed by atoms with Gasteiger partial charge in [0.25, 0.3) is 5.91 Å². The van der Waals surface area contributed by atoms with Crippen molar-refractivity contribution in [3.05, 3.63) is 34.5 Å². The number of hydrogen-bond acceptors (Lipinski definition) is 6. The van der Waals surface area contributed by atoms with Gasteiger partial charge >= 0.3 is 6.18 Å². The standard InChI is InChI=1S/C15H15F3N4O2S/c1-9-13(25-21-20-9)14(23)22-6-5-10(7-22)8-24-12-4-2-3-11(19-12)15(16,17)18/h2-4,10H,5-8H2,1H3. The molecule has 10 heteroatoms. The highest BCUT2D eigenvalue weighted by molar-refractivity contribution is 7.07. The van der Waals surface area contributed by atoms with Gasteiger partial charge in [-0.15, -0.1) is 5.10 Å². The Bertz CT molecular complexity index is 765. The molecule has 3 heterocycles. The van der Waals surface area contributed by atoms with Gasteiger partial charge in [-0.2, -0.15) is 13.2 Å². The molecule has 0 saturated carbocycles. The molecule has 1 unspecified atom stereocenters. The summed E-state index contributed by atoms with van der Waals surface area (Å²) in [5.41, 5.74) is -0.385. The number of ether oxygens (including phenoxy) is 1. The van der Waals surface area contributed by atoms with Crippen LogP contribution in [0.15, 0.2) is 18.2 Å². The van der Waals surface area contributed by atoms with Gasteiger partial charge in [0.05, 0.1) is 12.3 Å². The van der Waals surface area contributed by atoms with E-state index in [9.17, 15) is 18.0 Å². The fourth-order valence-electron chi connectivity index (χ4n) is 2.58. The summed E-state index contributed by atoms with van der Waals surface area (Å²) in [5.74, 6) is -0.143. The molecule has 2 aromatic heterocycles. The lowest BCUT2D eigenvalue weighted by molar-refractivity contribution is -0.141. The minimum absolute atomic E-state index is 0.0430. The van der Waals surface area contributed by atoms with Crippen molar-refractivity contribution < 1.29 is 22.7 Å². The summed E-state index contributed by atoms with van der Waals surface area (Å²) in [4.78, 5) is 18.1. The predicted octanol–water partition coefficient (Wildman–Crippen LogP) is 2.80. The van der Waals surface area contributed by atoms with E-state index in [0.717, 1.165) is 24.0 Å². The van der Waals surface area contributed by atoms with E-state index in [1.807, 2.05) is 0 Å². The van der Waals surface area contributed by atoms with E-state index in [4.69, 9.17) is 4.74 Å². The first kappa shape index (κ1) is 17.6. The molecule has 134 valence electrons. The maximum absolute atomic E-state index is 12.6. The van der Waals surface area contributed by atoms with E-state index in [2.05, 4.69) is 14.6 Å². The zero-order chi connectivity index (χ0) is 18.0. The van der Waals surface area contributed by atoms with E-state index >= 15 is 0 Å². The molecular weight excluding hydrogens is 357 g/mol. The molecule has 0 bridgehead atoms. The number of carbonyl (C=O) groups is 1. The van der Waals surface area contributed by atoms with E-state index in [1.165, 1.54) is 12.1 Å². The second-order valence-electron chi connectivity index (χ2n) is 5.76. The molecule has 2 aromatic rings. The fourth-order valence-corrected chi connectivity index (χ4v) is 3.21. The van der Waals surface area contributed by atoms with E-state index < -0.39 is 11.9 Å². The molecule has 0 radical (unpaired) electrons. The number of nitrogens with zero attached hydrogens (tertiary/aromatic N) is 4. The third-order valence-corrected chi connectivity index (χ3v) is 4.72. The van der Waals surface area contributed by atoms with Gasteiger partial charge in [-0.25, -0.2) is 4.98 Å². The summed E-state index contributed by atoms with van der Waals surface area (Å²) >= 11 is 1.06. The van der Waals surface area contributed by atoms with Crippen molar-refractivity contribution in [2.24, 2.45) is 5.92 Å². The summed E-state index contributed by atoms with van der Waals surface area (Å²) in [6, 6.07) is 3.54. The van der Waals surface area contributed by atoms with Gasteiger partial charge in [0, 0.05) is 25.1 Å². The summed E-state index contributed by atoms with van der Waals surface area (Å²) < 4.78 is 47.1. The minimum Gasteiger partial charge on any atom is -0.477 e. The molecule has 25 heavy (non-hydrogen) atoms. The number of amides is 1. The lowest BCUT2D eigenvalue weighted by Gasteiger charge is -2.16. The second-order valence-corrected chi connectivity index (χ2v) is 6.52. The SMILES string of the molecule is Cc1nnsc1C(=O)N1CCC(COc2cccc(C(F)(F)F)n2)C1. The molecule has 1 aliphatic heterocycles. The summed E-state index contributed by atoms with van der Waals surface area (Å²) in [5, 5.41) is 3.83. The highest BCUT2D eigenvalue weighted by Crippen LogP contribution is 2.29. The monoisotopic (exact) mass is 372 g/mol. The molecule has 0 aromatic carbocycles. The van der Waals surface area contributed by atoms with Crippen LogP contribution in [0.4, 0.5) is 13.2 Å². The molecule has 6 nitrogen and oxygen atoms in total. The topological polar surface area (TPSA) is 68.2 Å². The molecule has 1 amide bonds. The first-order chi connectivity index (χ1) is 11.8. The molecule has 0 spiro atoms. The van der Waals surface area contributed by atoms with Crippen LogP contribution in [-0.2, 0) is 6.18 Å². The zero-order valence-corrected chi connectivity index (χ0v) is 14.1. The molecule has 0 aliphatic carbocycles. The zero-order valence-electron chi connectivity index (χ0n) is 13.3. The summed E-state index contributed by atoms with van der Waals surface area (Å²) in [7, 11) is 0. The van der Waals surface area contributed by atoms with Crippen LogP contribution in [0.3, 0.4) is 0 Å². The molecule has 1 aliphatic rings. The van der Waals surface area contributed by atoms with Gasteiger partial charge < -0.3 is 9.64 Å². The van der Waals surface area contributed by atoms with Gasteiger partial charge in [0.1, 0.15) is 10.6 Å². The number of hydrogen-bond donors (Lipinski definition) is 0. The number of alkyl halides is 3. The first-order valence-electron chi connectivity index (χ1n) is 7.60. The van der Waals surface area contributed by atoms with Crippen molar-refractivity contribution in [1.29, 1.82) is 0 Å². The van der Waals surface area contributed by atoms with E-state index in [-0.39, 0.29) is 24.3 Å². The van der Waals surface area contributed by atoms with Gasteiger partial charge in [0.15, 0.2) is 0 Å². The Morgan fingerprint density at radius 2 is 2.24 bits per heavy atom. The Balaban J connectivity index is 1.56. The van der Waals surface area contributed by atoms with Crippen LogP contribution in [0, 0.1) is 12.8 Å². The average molecular weight is 372 g/mol. The number of aryl methyl sites for hydroxylation is 1. The summed E-state index contributed by atoms with van der Waals surface area (Å²) in [6.07, 6.45) is -3.79. The molecule has 1 atom stereocenters. The number of likely N-dealkylation sites (tertiary alicyclic amines) is 1. The second kappa shape index (κ2) is 6.95. The average Bonchev–Trinajstić information content (AvgIpc) is 3.21. The predicted molar refractivity (Wildman–Crippen MR) is 83.4 cm³/mol. The third kappa shape index (κ3) is 4.06. The van der Waals surface area contributed by atoms with E-state index in [1.54, 1.807) is 11.8 Å². The van der Waals surface area contributed by atoms with Crippen LogP contribution in [-0.4, -0.2) is 45.1 Å². The van der Waals surface area contributed by atoms with Crippen molar-refractivity contribution in [2.75, 3.05) is 19.7 Å².